The van der Waals surface area contributed by atoms with Crippen molar-refractivity contribution in [3.05, 3.63) is 259 Å². The molecular formula is C58H39N3O. The van der Waals surface area contributed by atoms with E-state index in [0.717, 1.165) is 44.9 Å². The standard InChI is InChI=1S/C58H39N3O/c1-5-16-43(17-6-1)55-59-56(44-18-7-2-8-19-44)61-57(60-55)45-30-28-40(29-31-45)41-32-36-48(37-33-41)62-49-38-34-42(35-39-49)50-25-15-27-53-54(50)51-24-13-14-26-52(51)58(53,46-20-9-3-10-21-46)47-22-11-4-12-23-47/h1-39H. The van der Waals surface area contributed by atoms with E-state index in [9.17, 15) is 0 Å². The maximum atomic E-state index is 6.41. The predicted octanol–water partition coefficient (Wildman–Crippen LogP) is 14.4. The van der Waals surface area contributed by atoms with Gasteiger partial charge >= 0.3 is 0 Å². The zero-order chi connectivity index (χ0) is 41.3. The van der Waals surface area contributed by atoms with Crippen LogP contribution in [-0.4, -0.2) is 15.0 Å². The number of fused-ring (bicyclic) bond motifs is 3. The molecule has 10 aromatic rings. The fourth-order valence-electron chi connectivity index (χ4n) is 9.04. The minimum absolute atomic E-state index is 0.436. The number of hydrogen-bond donors (Lipinski definition) is 0. The second kappa shape index (κ2) is 15.8. The van der Waals surface area contributed by atoms with Crippen molar-refractivity contribution >= 4 is 0 Å². The Morgan fingerprint density at radius 3 is 1.16 bits per heavy atom. The summed E-state index contributed by atoms with van der Waals surface area (Å²) < 4.78 is 6.41. The van der Waals surface area contributed by atoms with Gasteiger partial charge in [-0.05, 0) is 79.9 Å². The van der Waals surface area contributed by atoms with E-state index < -0.39 is 5.41 Å². The summed E-state index contributed by atoms with van der Waals surface area (Å²) in [5.41, 5.74) is 14.6. The zero-order valence-corrected chi connectivity index (χ0v) is 33.8. The molecule has 0 radical (unpaired) electrons. The molecule has 0 spiro atoms. The minimum Gasteiger partial charge on any atom is -0.457 e. The Bertz CT molecular complexity index is 3060. The SMILES string of the molecule is c1ccc(-c2nc(-c3ccccc3)nc(-c3ccc(-c4ccc(Oc5ccc(-c6cccc7c6-c6ccccc6C7(c6ccccc6)c6ccccc6)cc5)cc4)cc3)n2)cc1. The van der Waals surface area contributed by atoms with Gasteiger partial charge in [0.1, 0.15) is 11.5 Å². The van der Waals surface area contributed by atoms with Gasteiger partial charge in [0, 0.05) is 16.7 Å². The Labute approximate surface area is 361 Å². The summed E-state index contributed by atoms with van der Waals surface area (Å²) >= 11 is 0. The molecule has 9 aromatic carbocycles. The third-order valence-electron chi connectivity index (χ3n) is 11.9. The van der Waals surface area contributed by atoms with Crippen LogP contribution in [0.1, 0.15) is 22.3 Å². The first-order chi connectivity index (χ1) is 30.7. The molecule has 1 heterocycles. The molecule has 4 heteroatoms. The molecule has 0 bridgehead atoms. The molecular weight excluding hydrogens is 755 g/mol. The van der Waals surface area contributed by atoms with Crippen LogP contribution in [0.3, 0.4) is 0 Å². The Hall–Kier alpha value is -8.21. The lowest BCUT2D eigenvalue weighted by molar-refractivity contribution is 0.483. The third-order valence-corrected chi connectivity index (χ3v) is 11.9. The van der Waals surface area contributed by atoms with Gasteiger partial charge in [0.2, 0.25) is 0 Å². The fourth-order valence-corrected chi connectivity index (χ4v) is 9.04. The number of nitrogens with zero attached hydrogens (tertiary/aromatic N) is 3. The van der Waals surface area contributed by atoms with E-state index in [2.05, 4.69) is 164 Å². The first kappa shape index (κ1) is 36.8. The van der Waals surface area contributed by atoms with Crippen molar-refractivity contribution in [1.29, 1.82) is 0 Å². The molecule has 0 atom stereocenters. The van der Waals surface area contributed by atoms with E-state index in [-0.39, 0.29) is 0 Å². The van der Waals surface area contributed by atoms with E-state index in [0.29, 0.717) is 17.5 Å². The van der Waals surface area contributed by atoms with Crippen molar-refractivity contribution in [2.24, 2.45) is 0 Å². The molecule has 1 aliphatic carbocycles. The average molecular weight is 794 g/mol. The molecule has 0 unspecified atom stereocenters. The first-order valence-corrected chi connectivity index (χ1v) is 20.9. The largest absolute Gasteiger partial charge is 0.457 e. The zero-order valence-electron chi connectivity index (χ0n) is 33.8. The van der Waals surface area contributed by atoms with Gasteiger partial charge in [-0.2, -0.15) is 0 Å². The molecule has 0 fully saturated rings. The molecule has 0 N–H and O–H groups in total. The van der Waals surface area contributed by atoms with E-state index >= 15 is 0 Å². The number of ether oxygens (including phenoxy) is 1. The van der Waals surface area contributed by atoms with Gasteiger partial charge in [-0.1, -0.05) is 212 Å². The van der Waals surface area contributed by atoms with Crippen LogP contribution in [0.5, 0.6) is 11.5 Å². The van der Waals surface area contributed by atoms with Gasteiger partial charge in [-0.3, -0.25) is 0 Å². The molecule has 1 aromatic heterocycles. The van der Waals surface area contributed by atoms with E-state index in [1.807, 2.05) is 72.8 Å². The second-order valence-corrected chi connectivity index (χ2v) is 15.5. The van der Waals surface area contributed by atoms with E-state index in [1.165, 1.54) is 38.9 Å². The van der Waals surface area contributed by atoms with Gasteiger partial charge in [-0.15, -0.1) is 0 Å². The lowest BCUT2D eigenvalue weighted by atomic mass is 9.67. The quantitative estimate of drug-likeness (QED) is 0.146. The van der Waals surface area contributed by atoms with Crippen LogP contribution in [0, 0.1) is 0 Å². The van der Waals surface area contributed by atoms with Crippen molar-refractivity contribution in [2.45, 2.75) is 5.41 Å². The number of hydrogen-bond acceptors (Lipinski definition) is 4. The average Bonchev–Trinajstić information content (AvgIpc) is 3.67. The van der Waals surface area contributed by atoms with Crippen LogP contribution < -0.4 is 4.74 Å². The maximum Gasteiger partial charge on any atom is 0.164 e. The normalized spacial score (nSPS) is 12.3. The van der Waals surface area contributed by atoms with E-state index in [4.69, 9.17) is 19.7 Å². The van der Waals surface area contributed by atoms with Crippen molar-refractivity contribution in [3.8, 4) is 79.0 Å². The fraction of sp³-hybridized carbons (Fsp3) is 0.0172. The highest BCUT2D eigenvalue weighted by Crippen LogP contribution is 2.58. The molecule has 292 valence electrons. The lowest BCUT2D eigenvalue weighted by Crippen LogP contribution is -2.28. The Morgan fingerprint density at radius 2 is 0.645 bits per heavy atom. The van der Waals surface area contributed by atoms with Crippen LogP contribution in [0.4, 0.5) is 0 Å². The monoisotopic (exact) mass is 793 g/mol. The summed E-state index contributed by atoms with van der Waals surface area (Å²) in [4.78, 5) is 14.6. The maximum absolute atomic E-state index is 6.41. The molecule has 4 nitrogen and oxygen atoms in total. The summed E-state index contributed by atoms with van der Waals surface area (Å²) in [5, 5.41) is 0. The molecule has 0 amide bonds. The summed E-state index contributed by atoms with van der Waals surface area (Å²) in [7, 11) is 0. The van der Waals surface area contributed by atoms with Gasteiger partial charge in [0.15, 0.2) is 17.5 Å². The molecule has 11 rings (SSSR count). The van der Waals surface area contributed by atoms with Crippen molar-refractivity contribution in [3.63, 3.8) is 0 Å². The van der Waals surface area contributed by atoms with Crippen molar-refractivity contribution in [1.82, 2.24) is 15.0 Å². The van der Waals surface area contributed by atoms with Crippen LogP contribution in [-0.2, 0) is 5.41 Å². The topological polar surface area (TPSA) is 47.9 Å². The Kier molecular flexibility index (Phi) is 9.36. The summed E-state index contributed by atoms with van der Waals surface area (Å²) in [6, 6.07) is 82.7. The smallest absolute Gasteiger partial charge is 0.164 e. The predicted molar refractivity (Wildman–Crippen MR) is 251 cm³/mol. The van der Waals surface area contributed by atoms with Crippen LogP contribution >= 0.6 is 0 Å². The number of rotatable bonds is 9. The van der Waals surface area contributed by atoms with Gasteiger partial charge in [-0.25, -0.2) is 15.0 Å². The van der Waals surface area contributed by atoms with Gasteiger partial charge < -0.3 is 4.74 Å². The van der Waals surface area contributed by atoms with E-state index in [1.54, 1.807) is 0 Å². The number of aromatic nitrogens is 3. The number of benzene rings is 9. The minimum atomic E-state index is -0.436. The Balaban J connectivity index is 0.854. The lowest BCUT2D eigenvalue weighted by Gasteiger charge is -2.34. The molecule has 1 aliphatic rings. The summed E-state index contributed by atoms with van der Waals surface area (Å²) in [6.45, 7) is 0. The first-order valence-electron chi connectivity index (χ1n) is 20.9. The summed E-state index contributed by atoms with van der Waals surface area (Å²) in [5.74, 6) is 3.48. The van der Waals surface area contributed by atoms with Gasteiger partial charge in [0.25, 0.3) is 0 Å². The highest BCUT2D eigenvalue weighted by atomic mass is 16.5. The Morgan fingerprint density at radius 1 is 0.274 bits per heavy atom. The highest BCUT2D eigenvalue weighted by Gasteiger charge is 2.46. The van der Waals surface area contributed by atoms with Gasteiger partial charge in [0.05, 0.1) is 5.41 Å². The molecule has 62 heavy (non-hydrogen) atoms. The second-order valence-electron chi connectivity index (χ2n) is 15.5. The molecule has 0 saturated heterocycles. The van der Waals surface area contributed by atoms with Crippen LogP contribution in [0.25, 0.3) is 67.5 Å². The van der Waals surface area contributed by atoms with Crippen molar-refractivity contribution in [2.75, 3.05) is 0 Å². The third kappa shape index (κ3) is 6.55. The summed E-state index contributed by atoms with van der Waals surface area (Å²) in [6.07, 6.45) is 0. The molecule has 0 saturated carbocycles. The van der Waals surface area contributed by atoms with Crippen LogP contribution in [0.2, 0.25) is 0 Å². The van der Waals surface area contributed by atoms with Crippen LogP contribution in [0.15, 0.2) is 237 Å². The highest BCUT2D eigenvalue weighted by molar-refractivity contribution is 5.95. The molecule has 0 aliphatic heterocycles. The van der Waals surface area contributed by atoms with Crippen molar-refractivity contribution < 1.29 is 4.74 Å².